The number of esters is 2. The quantitative estimate of drug-likeness (QED) is 0.165. The number of nitrogens with one attached hydrogen (secondary N) is 1. The highest BCUT2D eigenvalue weighted by molar-refractivity contribution is 5.85. The number of rotatable bonds is 10. The van der Waals surface area contributed by atoms with E-state index >= 15 is 0 Å². The van der Waals surface area contributed by atoms with Crippen LogP contribution in [-0.2, 0) is 19.1 Å². The number of nitrogens with two attached hydrogens (primary N) is 1. The Morgan fingerprint density at radius 3 is 1.60 bits per heavy atom. The van der Waals surface area contributed by atoms with Crippen LogP contribution >= 0.6 is 12.4 Å². The number of halogens is 2. The van der Waals surface area contributed by atoms with Crippen LogP contribution in [-0.4, -0.2) is 63.3 Å². The fourth-order valence-corrected chi connectivity index (χ4v) is 5.53. The topological polar surface area (TPSA) is 195 Å². The molecule has 2 fully saturated rings. The van der Waals surface area contributed by atoms with Gasteiger partial charge < -0.3 is 30.0 Å². The molecule has 0 unspecified atom stereocenters. The van der Waals surface area contributed by atoms with Crippen molar-refractivity contribution in [3.63, 3.8) is 0 Å². The van der Waals surface area contributed by atoms with Crippen LogP contribution in [0.3, 0.4) is 0 Å². The summed E-state index contributed by atoms with van der Waals surface area (Å²) >= 11 is 0. The highest BCUT2D eigenvalue weighted by Crippen LogP contribution is 2.33. The van der Waals surface area contributed by atoms with Crippen molar-refractivity contribution in [1.82, 2.24) is 0 Å². The van der Waals surface area contributed by atoms with Crippen LogP contribution in [0.5, 0.6) is 11.5 Å². The summed E-state index contributed by atoms with van der Waals surface area (Å²) in [4.78, 5) is 42.7. The molecule has 0 bridgehead atoms. The number of ether oxygens (including phenoxy) is 4. The molecule has 2 saturated carbocycles. The van der Waals surface area contributed by atoms with Gasteiger partial charge in [0.25, 0.3) is 5.69 Å². The lowest BCUT2D eigenvalue weighted by molar-refractivity contribution is -0.387. The van der Waals surface area contributed by atoms with Gasteiger partial charge in [0.05, 0.1) is 50.1 Å². The van der Waals surface area contributed by atoms with Gasteiger partial charge in [-0.15, -0.1) is 12.4 Å². The normalized spacial score (nSPS) is 19.7. The standard InChI is InChI=1S/C16H22N2O5.C9H17NO2.C7H6FNO3.ClH/c1-22-13-7-8-15(18(20)21)14(9-13)17-10-11-3-5-12(6-4-11)16(19)23-2;1-12-9(11)8-4-2-7(6-10)3-5-8;1-12-5-2-3-7(9(10)11)6(8)4-5;/h7-9,11-12,17H,3-6,10H2,1-2H3;7-8H,2-6,10H2,1H3;2-4H,1H3;1H. The first-order chi connectivity index (χ1) is 22.5. The molecule has 2 aromatic rings. The maximum atomic E-state index is 12.8. The van der Waals surface area contributed by atoms with Crippen molar-refractivity contribution < 1.29 is 42.8 Å². The van der Waals surface area contributed by atoms with E-state index in [0.29, 0.717) is 29.8 Å². The Balaban J connectivity index is 0.000000390. The smallest absolute Gasteiger partial charge is 0.308 e. The molecule has 0 aromatic heterocycles. The van der Waals surface area contributed by atoms with Crippen molar-refractivity contribution in [2.24, 2.45) is 29.4 Å². The van der Waals surface area contributed by atoms with Gasteiger partial charge in [0.1, 0.15) is 17.2 Å². The Bertz CT molecular complexity index is 1340. The zero-order valence-corrected chi connectivity index (χ0v) is 28.5. The maximum Gasteiger partial charge on any atom is 0.308 e. The number of methoxy groups -OCH3 is 4. The van der Waals surface area contributed by atoms with Gasteiger partial charge >= 0.3 is 17.6 Å². The van der Waals surface area contributed by atoms with Crippen molar-refractivity contribution in [2.45, 2.75) is 51.4 Å². The van der Waals surface area contributed by atoms with Gasteiger partial charge in [-0.25, -0.2) is 0 Å². The summed E-state index contributed by atoms with van der Waals surface area (Å²) in [5, 5.41) is 24.4. The van der Waals surface area contributed by atoms with Crippen LogP contribution in [0.2, 0.25) is 0 Å². The molecule has 0 aliphatic heterocycles. The van der Waals surface area contributed by atoms with E-state index in [9.17, 15) is 34.2 Å². The second kappa shape index (κ2) is 21.6. The Labute approximate surface area is 285 Å². The summed E-state index contributed by atoms with van der Waals surface area (Å²) in [6.45, 7) is 1.40. The van der Waals surface area contributed by atoms with Crippen LogP contribution in [0.25, 0.3) is 0 Å². The molecule has 0 spiro atoms. The Kier molecular flexibility index (Phi) is 18.8. The van der Waals surface area contributed by atoms with Crippen molar-refractivity contribution >= 4 is 41.4 Å². The van der Waals surface area contributed by atoms with Crippen LogP contribution in [0, 0.1) is 49.7 Å². The molecule has 268 valence electrons. The van der Waals surface area contributed by atoms with Crippen molar-refractivity contribution in [2.75, 3.05) is 46.8 Å². The molecule has 2 aromatic carbocycles. The summed E-state index contributed by atoms with van der Waals surface area (Å²) in [6, 6.07) is 8.02. The SMILES string of the molecule is COC(=O)C1CCC(CN)CC1.COC(=O)C1CCC(CNc2cc(OC)ccc2[N+](=O)[O-])CC1.COc1ccc([N+](=O)[O-])c(F)c1.Cl. The minimum atomic E-state index is -0.889. The number of carbonyl (C=O) groups excluding carboxylic acids is 2. The van der Waals surface area contributed by atoms with E-state index in [1.165, 1.54) is 40.6 Å². The Hall–Kier alpha value is -4.24. The van der Waals surface area contributed by atoms with Gasteiger partial charge in [0.2, 0.25) is 5.82 Å². The van der Waals surface area contributed by atoms with E-state index in [1.807, 2.05) is 0 Å². The van der Waals surface area contributed by atoms with Gasteiger partial charge in [-0.05, 0) is 81.9 Å². The highest BCUT2D eigenvalue weighted by atomic mass is 35.5. The molecule has 0 saturated heterocycles. The number of anilines is 1. The average molecular weight is 701 g/mol. The third-order valence-corrected chi connectivity index (χ3v) is 8.43. The zero-order chi connectivity index (χ0) is 34.9. The molecule has 14 nitrogen and oxygen atoms in total. The molecule has 16 heteroatoms. The summed E-state index contributed by atoms with van der Waals surface area (Å²) in [7, 11) is 5.76. The molecule has 4 rings (SSSR count). The first-order valence-corrected chi connectivity index (χ1v) is 15.4. The maximum absolute atomic E-state index is 12.8. The molecule has 0 heterocycles. The number of carbonyl (C=O) groups is 2. The summed E-state index contributed by atoms with van der Waals surface area (Å²) < 4.78 is 32.0. The average Bonchev–Trinajstić information content (AvgIpc) is 3.10. The first-order valence-electron chi connectivity index (χ1n) is 15.4. The summed E-state index contributed by atoms with van der Waals surface area (Å²) in [6.07, 6.45) is 7.49. The third-order valence-electron chi connectivity index (χ3n) is 8.43. The lowest BCUT2D eigenvalue weighted by Gasteiger charge is -2.27. The third kappa shape index (κ3) is 13.1. The minimum absolute atomic E-state index is 0. The van der Waals surface area contributed by atoms with Crippen molar-refractivity contribution in [3.05, 3.63) is 62.4 Å². The number of benzene rings is 2. The number of nitro groups is 2. The molecule has 48 heavy (non-hydrogen) atoms. The number of nitro benzene ring substituents is 2. The molecule has 2 aliphatic rings. The largest absolute Gasteiger partial charge is 0.497 e. The van der Waals surface area contributed by atoms with Crippen LogP contribution in [0.4, 0.5) is 21.5 Å². The Morgan fingerprint density at radius 2 is 1.21 bits per heavy atom. The van der Waals surface area contributed by atoms with E-state index in [4.69, 9.17) is 15.2 Å². The number of nitrogens with zero attached hydrogens (tertiary/aromatic N) is 2. The molecule has 0 amide bonds. The molecule has 0 radical (unpaired) electrons. The number of hydrogen-bond acceptors (Lipinski definition) is 12. The molecule has 3 N–H and O–H groups in total. The van der Waals surface area contributed by atoms with Gasteiger partial charge in [-0.2, -0.15) is 4.39 Å². The Morgan fingerprint density at radius 1 is 0.771 bits per heavy atom. The zero-order valence-electron chi connectivity index (χ0n) is 27.7. The van der Waals surface area contributed by atoms with Gasteiger partial charge in [0, 0.05) is 30.8 Å². The first kappa shape index (κ1) is 41.8. The van der Waals surface area contributed by atoms with Crippen molar-refractivity contribution in [1.29, 1.82) is 0 Å². The fourth-order valence-electron chi connectivity index (χ4n) is 5.53. The fraction of sp³-hybridized carbons (Fsp3) is 0.562. The predicted octanol–water partition coefficient (Wildman–Crippen LogP) is 6.08. The summed E-state index contributed by atoms with van der Waals surface area (Å²) in [5.74, 6) is 0.906. The lowest BCUT2D eigenvalue weighted by atomic mass is 9.82. The van der Waals surface area contributed by atoms with E-state index in [0.717, 1.165) is 70.0 Å². The second-order valence-electron chi connectivity index (χ2n) is 11.3. The van der Waals surface area contributed by atoms with Gasteiger partial charge in [-0.1, -0.05) is 0 Å². The monoisotopic (exact) mass is 700 g/mol. The van der Waals surface area contributed by atoms with E-state index in [1.54, 1.807) is 12.1 Å². The van der Waals surface area contributed by atoms with Crippen LogP contribution in [0.1, 0.15) is 51.4 Å². The predicted molar refractivity (Wildman–Crippen MR) is 179 cm³/mol. The van der Waals surface area contributed by atoms with Gasteiger partial charge in [-0.3, -0.25) is 29.8 Å². The molecular weight excluding hydrogens is 655 g/mol. The molecule has 0 atom stereocenters. The molecule has 2 aliphatic carbocycles. The van der Waals surface area contributed by atoms with Gasteiger partial charge in [0.15, 0.2) is 0 Å². The molecular formula is C32H46ClFN4O10. The lowest BCUT2D eigenvalue weighted by Crippen LogP contribution is -2.26. The second-order valence-corrected chi connectivity index (χ2v) is 11.3. The van der Waals surface area contributed by atoms with Crippen LogP contribution in [0.15, 0.2) is 36.4 Å². The van der Waals surface area contributed by atoms with E-state index in [2.05, 4.69) is 14.8 Å². The highest BCUT2D eigenvalue weighted by Gasteiger charge is 2.28. The van der Waals surface area contributed by atoms with Crippen LogP contribution < -0.4 is 20.5 Å². The van der Waals surface area contributed by atoms with Crippen molar-refractivity contribution in [3.8, 4) is 11.5 Å². The summed E-state index contributed by atoms with van der Waals surface area (Å²) in [5.41, 5.74) is 5.49. The van der Waals surface area contributed by atoms with E-state index in [-0.39, 0.29) is 47.6 Å². The minimum Gasteiger partial charge on any atom is -0.497 e. The number of hydrogen-bond donors (Lipinski definition) is 2. The van der Waals surface area contributed by atoms with E-state index < -0.39 is 21.4 Å².